The van der Waals surface area contributed by atoms with Crippen molar-refractivity contribution in [2.45, 2.75) is 6.61 Å². The average Bonchev–Trinajstić information content (AvgIpc) is 3.44. The number of anilines is 4. The number of rotatable bonds is 7. The summed E-state index contributed by atoms with van der Waals surface area (Å²) in [6.07, 6.45) is 1.80. The van der Waals surface area contributed by atoms with Crippen molar-refractivity contribution >= 4 is 50.2 Å². The zero-order valence-corrected chi connectivity index (χ0v) is 23.2. The Hall–Kier alpha value is -4.58. The Morgan fingerprint density at radius 2 is 1.85 bits per heavy atom. The molecule has 0 aliphatic carbocycles. The Labute approximate surface area is 240 Å². The second-order valence-electron chi connectivity index (χ2n) is 9.91. The van der Waals surface area contributed by atoms with Gasteiger partial charge in [0.25, 0.3) is 11.5 Å². The number of aromatic nitrogens is 3. The first-order valence-corrected chi connectivity index (χ1v) is 14.1. The van der Waals surface area contributed by atoms with Crippen LogP contribution in [0.25, 0.3) is 21.3 Å². The third-order valence-corrected chi connectivity index (χ3v) is 8.31. The molecule has 1 saturated heterocycles. The molecule has 3 aromatic heterocycles. The van der Waals surface area contributed by atoms with Crippen LogP contribution in [0, 0.1) is 0 Å². The standard InChI is InChI=1S/C30H29N7O3S/c1-36-11-13-37(14-12-36)20-9-10-28(31-17-20)32-25-16-24(34-35-29(25)39)21-6-4-7-23(22(21)18-38)33-30(40)27-15-19-5-2-3-8-26(19)41-27/h2-10,15-17,38H,11-14,18H2,1H3,(H,33,40)(H,35,39)(H,31,32,34). The molecule has 0 spiro atoms. The van der Waals surface area contributed by atoms with E-state index >= 15 is 0 Å². The van der Waals surface area contributed by atoms with E-state index in [1.54, 1.807) is 30.5 Å². The average molecular weight is 568 g/mol. The lowest BCUT2D eigenvalue weighted by Gasteiger charge is -2.33. The van der Waals surface area contributed by atoms with Gasteiger partial charge in [-0.1, -0.05) is 30.3 Å². The summed E-state index contributed by atoms with van der Waals surface area (Å²) in [6, 6.07) is 20.4. The van der Waals surface area contributed by atoms with Crippen LogP contribution in [0.2, 0.25) is 0 Å². The van der Waals surface area contributed by atoms with E-state index in [0.717, 1.165) is 42.0 Å². The fourth-order valence-electron chi connectivity index (χ4n) is 4.88. The maximum atomic E-state index is 13.1. The van der Waals surface area contributed by atoms with E-state index in [4.69, 9.17) is 0 Å². The summed E-state index contributed by atoms with van der Waals surface area (Å²) in [5.74, 6) is 0.262. The molecule has 208 valence electrons. The van der Waals surface area contributed by atoms with Crippen molar-refractivity contribution in [1.29, 1.82) is 0 Å². The van der Waals surface area contributed by atoms with E-state index in [-0.39, 0.29) is 18.2 Å². The number of pyridine rings is 1. The minimum absolute atomic E-state index is 0.262. The number of carbonyl (C=O) groups is 1. The molecule has 10 nitrogen and oxygen atoms in total. The Morgan fingerprint density at radius 1 is 1.02 bits per heavy atom. The number of hydrogen-bond donors (Lipinski definition) is 4. The Bertz CT molecular complexity index is 1730. The summed E-state index contributed by atoms with van der Waals surface area (Å²) in [6.45, 7) is 3.54. The van der Waals surface area contributed by atoms with Crippen LogP contribution < -0.4 is 21.1 Å². The van der Waals surface area contributed by atoms with Crippen LogP contribution in [0.5, 0.6) is 0 Å². The predicted molar refractivity (Wildman–Crippen MR) is 163 cm³/mol. The third kappa shape index (κ3) is 5.68. The van der Waals surface area contributed by atoms with Crippen LogP contribution in [0.15, 0.2) is 77.7 Å². The van der Waals surface area contributed by atoms with Gasteiger partial charge in [-0.3, -0.25) is 9.59 Å². The molecule has 0 unspecified atom stereocenters. The SMILES string of the molecule is CN1CCN(c2ccc(Nc3cc(-c4cccc(NC(=O)c5cc6ccccc6s5)c4CO)n[nH]c3=O)nc2)CC1. The summed E-state index contributed by atoms with van der Waals surface area (Å²) in [5, 5.41) is 24.0. The van der Waals surface area contributed by atoms with Crippen molar-refractivity contribution in [3.63, 3.8) is 0 Å². The Balaban J connectivity index is 1.23. The van der Waals surface area contributed by atoms with Gasteiger partial charge in [-0.2, -0.15) is 5.10 Å². The number of thiophene rings is 1. The number of H-pyrrole nitrogens is 1. The second-order valence-corrected chi connectivity index (χ2v) is 11.0. The number of fused-ring (bicyclic) bond motifs is 1. The van der Waals surface area contributed by atoms with Crippen molar-refractivity contribution in [3.8, 4) is 11.3 Å². The molecule has 2 aromatic carbocycles. The molecule has 1 aliphatic heterocycles. The van der Waals surface area contributed by atoms with Gasteiger partial charge < -0.3 is 25.5 Å². The lowest BCUT2D eigenvalue weighted by atomic mass is 10.0. The molecule has 0 bridgehead atoms. The minimum Gasteiger partial charge on any atom is -0.392 e. The van der Waals surface area contributed by atoms with E-state index in [0.29, 0.717) is 33.2 Å². The van der Waals surface area contributed by atoms with E-state index in [9.17, 15) is 14.7 Å². The largest absolute Gasteiger partial charge is 0.392 e. The highest BCUT2D eigenvalue weighted by Crippen LogP contribution is 2.31. The van der Waals surface area contributed by atoms with Crippen LogP contribution in [-0.2, 0) is 6.61 Å². The van der Waals surface area contributed by atoms with Gasteiger partial charge in [0.1, 0.15) is 11.5 Å². The number of aromatic amines is 1. The number of hydrogen-bond acceptors (Lipinski definition) is 9. The number of likely N-dealkylation sites (N-methyl/N-ethyl adjacent to an activating group) is 1. The van der Waals surface area contributed by atoms with Crippen molar-refractivity contribution in [2.24, 2.45) is 0 Å². The highest BCUT2D eigenvalue weighted by atomic mass is 32.1. The molecule has 0 radical (unpaired) electrons. The van der Waals surface area contributed by atoms with Gasteiger partial charge in [0.15, 0.2) is 0 Å². The highest BCUT2D eigenvalue weighted by molar-refractivity contribution is 7.20. The number of piperazine rings is 1. The van der Waals surface area contributed by atoms with Gasteiger partial charge in [0.2, 0.25) is 0 Å². The molecule has 1 fully saturated rings. The van der Waals surface area contributed by atoms with Gasteiger partial charge in [-0.25, -0.2) is 10.1 Å². The number of nitrogens with one attached hydrogen (secondary N) is 3. The maximum absolute atomic E-state index is 13.1. The second kappa shape index (κ2) is 11.5. The van der Waals surface area contributed by atoms with Gasteiger partial charge in [0.05, 0.1) is 29.1 Å². The van der Waals surface area contributed by atoms with Gasteiger partial charge in [0, 0.05) is 47.7 Å². The fourth-order valence-corrected chi connectivity index (χ4v) is 5.84. The molecule has 4 heterocycles. The first-order chi connectivity index (χ1) is 20.0. The van der Waals surface area contributed by atoms with Gasteiger partial charge in [-0.05, 0) is 48.8 Å². The van der Waals surface area contributed by atoms with Crippen LogP contribution in [-0.4, -0.2) is 64.3 Å². The number of nitrogens with zero attached hydrogens (tertiary/aromatic N) is 4. The molecule has 5 aromatic rings. The first-order valence-electron chi connectivity index (χ1n) is 13.3. The first kappa shape index (κ1) is 26.6. The summed E-state index contributed by atoms with van der Waals surface area (Å²) in [4.78, 5) is 35.4. The Morgan fingerprint density at radius 3 is 2.61 bits per heavy atom. The molecule has 1 amide bonds. The maximum Gasteiger partial charge on any atom is 0.287 e. The lowest BCUT2D eigenvalue weighted by molar-refractivity contribution is 0.103. The molecule has 0 atom stereocenters. The summed E-state index contributed by atoms with van der Waals surface area (Å²) >= 11 is 1.41. The van der Waals surface area contributed by atoms with Crippen LogP contribution >= 0.6 is 11.3 Å². The van der Waals surface area contributed by atoms with Gasteiger partial charge >= 0.3 is 0 Å². The van der Waals surface area contributed by atoms with Crippen molar-refractivity contribution < 1.29 is 9.90 Å². The molecule has 11 heteroatoms. The monoisotopic (exact) mass is 567 g/mol. The van der Waals surface area contributed by atoms with E-state index in [2.05, 4.69) is 42.7 Å². The van der Waals surface area contributed by atoms with Crippen LogP contribution in [0.1, 0.15) is 15.2 Å². The number of carbonyl (C=O) groups excluding carboxylic acids is 1. The zero-order chi connectivity index (χ0) is 28.3. The van der Waals surface area contributed by atoms with Crippen molar-refractivity contribution in [3.05, 3.63) is 93.7 Å². The number of amides is 1. The molecular formula is C30H29N7O3S. The number of benzene rings is 2. The third-order valence-electron chi connectivity index (χ3n) is 7.19. The van der Waals surface area contributed by atoms with E-state index < -0.39 is 5.56 Å². The predicted octanol–water partition coefficient (Wildman–Crippen LogP) is 4.29. The van der Waals surface area contributed by atoms with Crippen molar-refractivity contribution in [2.75, 3.05) is 48.8 Å². The minimum atomic E-state index is -0.404. The smallest absolute Gasteiger partial charge is 0.287 e. The molecule has 4 N–H and O–H groups in total. The summed E-state index contributed by atoms with van der Waals surface area (Å²) in [5.41, 5.74) is 2.87. The lowest BCUT2D eigenvalue weighted by Crippen LogP contribution is -2.44. The summed E-state index contributed by atoms with van der Waals surface area (Å²) in [7, 11) is 2.12. The topological polar surface area (TPSA) is 126 Å². The molecule has 41 heavy (non-hydrogen) atoms. The zero-order valence-electron chi connectivity index (χ0n) is 22.4. The summed E-state index contributed by atoms with van der Waals surface area (Å²) < 4.78 is 1.02. The van der Waals surface area contributed by atoms with Crippen molar-refractivity contribution in [1.82, 2.24) is 20.1 Å². The van der Waals surface area contributed by atoms with Gasteiger partial charge in [-0.15, -0.1) is 11.3 Å². The number of aliphatic hydroxyl groups is 1. The van der Waals surface area contributed by atoms with E-state index in [1.165, 1.54) is 11.3 Å². The fraction of sp³-hybridized carbons (Fsp3) is 0.200. The van der Waals surface area contributed by atoms with Crippen LogP contribution in [0.4, 0.5) is 22.9 Å². The molecule has 6 rings (SSSR count). The normalized spacial score (nSPS) is 13.9. The highest BCUT2D eigenvalue weighted by Gasteiger charge is 2.18. The Kier molecular flexibility index (Phi) is 7.47. The quantitative estimate of drug-likeness (QED) is 0.230. The molecule has 0 saturated carbocycles. The van der Waals surface area contributed by atoms with E-state index in [1.807, 2.05) is 42.5 Å². The molecule has 1 aliphatic rings. The molecular weight excluding hydrogens is 538 g/mol. The number of aliphatic hydroxyl groups excluding tert-OH is 1. The van der Waals surface area contributed by atoms with Crippen LogP contribution in [0.3, 0.4) is 0 Å².